The Morgan fingerprint density at radius 3 is 2.67 bits per heavy atom. The zero-order valence-electron chi connectivity index (χ0n) is 15.8. The first-order valence-electron chi connectivity index (χ1n) is 9.06. The molecule has 0 spiro atoms. The minimum absolute atomic E-state index is 0.144. The van der Waals surface area contributed by atoms with Gasteiger partial charge in [-0.1, -0.05) is 22.8 Å². The molecule has 4 rings (SSSR count). The average Bonchev–Trinajstić information content (AvgIpc) is 3.21. The number of pyridine rings is 1. The highest BCUT2D eigenvalue weighted by atomic mass is 35.5. The first kappa shape index (κ1) is 20.1. The van der Waals surface area contributed by atoms with Crippen molar-refractivity contribution >= 4 is 32.3 Å². The molecule has 0 aliphatic carbocycles. The molecular formula is C22H17ClN2O4S. The average molecular weight is 441 g/mol. The number of benzene rings is 2. The minimum atomic E-state index is -3.63. The van der Waals surface area contributed by atoms with Crippen molar-refractivity contribution in [3.63, 3.8) is 0 Å². The number of halogens is 1. The first-order valence-corrected chi connectivity index (χ1v) is 11.1. The third kappa shape index (κ3) is 3.81. The van der Waals surface area contributed by atoms with E-state index >= 15 is 0 Å². The van der Waals surface area contributed by atoms with Crippen LogP contribution in [0.2, 0.25) is 5.02 Å². The fraction of sp³-hybridized carbons (Fsp3) is 0.0909. The number of nitrogens with zero attached hydrogens (tertiary/aromatic N) is 2. The highest BCUT2D eigenvalue weighted by molar-refractivity contribution is 7.90. The Balaban J connectivity index is 1.87. The lowest BCUT2D eigenvalue weighted by atomic mass is 10.1. The molecule has 0 unspecified atom stereocenters. The van der Waals surface area contributed by atoms with Crippen molar-refractivity contribution in [2.75, 3.05) is 0 Å². The molecule has 0 radical (unpaired) electrons. The molecule has 30 heavy (non-hydrogen) atoms. The van der Waals surface area contributed by atoms with Crippen molar-refractivity contribution in [1.82, 2.24) is 9.72 Å². The van der Waals surface area contributed by atoms with Crippen molar-refractivity contribution in [2.24, 2.45) is 0 Å². The van der Waals surface area contributed by atoms with Crippen LogP contribution in [0.5, 0.6) is 0 Å². The van der Waals surface area contributed by atoms with Crippen molar-refractivity contribution in [3.8, 4) is 5.69 Å². The summed E-state index contributed by atoms with van der Waals surface area (Å²) in [6.07, 6.45) is 3.60. The van der Waals surface area contributed by atoms with E-state index in [0.717, 1.165) is 5.56 Å². The van der Waals surface area contributed by atoms with Crippen LogP contribution in [0.3, 0.4) is 0 Å². The summed E-state index contributed by atoms with van der Waals surface area (Å²) in [5.41, 5.74) is 2.21. The van der Waals surface area contributed by atoms with Crippen LogP contribution in [0.1, 0.15) is 11.3 Å². The zero-order valence-corrected chi connectivity index (χ0v) is 17.4. The molecule has 0 fully saturated rings. The van der Waals surface area contributed by atoms with Crippen molar-refractivity contribution in [3.05, 3.63) is 100 Å². The number of hydrogen-bond donors (Lipinski definition) is 0. The van der Waals surface area contributed by atoms with E-state index in [2.05, 4.69) is 11.7 Å². The molecule has 2 heterocycles. The predicted molar refractivity (Wildman–Crippen MR) is 116 cm³/mol. The molecule has 0 aliphatic rings. The Labute approximate surface area is 177 Å². The molecular weight excluding hydrogens is 424 g/mol. The zero-order chi connectivity index (χ0) is 21.3. The number of fused-ring (bicyclic) bond motifs is 1. The van der Waals surface area contributed by atoms with E-state index in [9.17, 15) is 13.2 Å². The summed E-state index contributed by atoms with van der Waals surface area (Å²) in [5.74, 6) is -0.269. The second kappa shape index (κ2) is 7.93. The number of hydrogen-bond acceptors (Lipinski definition) is 5. The van der Waals surface area contributed by atoms with Gasteiger partial charge in [0.05, 0.1) is 21.8 Å². The second-order valence-corrected chi connectivity index (χ2v) is 9.17. The maximum atomic E-state index is 12.8. The Morgan fingerprint density at radius 2 is 1.93 bits per heavy atom. The molecule has 0 saturated heterocycles. The van der Waals surface area contributed by atoms with E-state index in [1.54, 1.807) is 47.0 Å². The van der Waals surface area contributed by atoms with Gasteiger partial charge in [-0.2, -0.15) is 0 Å². The van der Waals surface area contributed by atoms with E-state index in [1.807, 2.05) is 0 Å². The molecule has 0 aliphatic heterocycles. The van der Waals surface area contributed by atoms with Crippen molar-refractivity contribution < 1.29 is 12.9 Å². The van der Waals surface area contributed by atoms with Gasteiger partial charge in [0.15, 0.2) is 9.84 Å². The summed E-state index contributed by atoms with van der Waals surface area (Å²) in [6.45, 7) is 3.77. The third-order valence-electron chi connectivity index (χ3n) is 4.70. The lowest BCUT2D eigenvalue weighted by molar-refractivity contribution is 0.413. The van der Waals surface area contributed by atoms with Gasteiger partial charge in [-0.15, -0.1) is 6.58 Å². The van der Waals surface area contributed by atoms with E-state index in [1.165, 1.54) is 24.5 Å². The van der Waals surface area contributed by atoms with Crippen LogP contribution in [-0.2, 0) is 22.0 Å². The summed E-state index contributed by atoms with van der Waals surface area (Å²) in [6, 6.07) is 14.5. The molecule has 0 saturated carbocycles. The van der Waals surface area contributed by atoms with Gasteiger partial charge in [0.25, 0.3) is 5.56 Å². The van der Waals surface area contributed by atoms with Gasteiger partial charge in [-0.05, 0) is 54.4 Å². The molecule has 0 amide bonds. The molecule has 2 aromatic heterocycles. The number of rotatable bonds is 6. The topological polar surface area (TPSA) is 82.2 Å². The van der Waals surface area contributed by atoms with Crippen LogP contribution in [-0.4, -0.2) is 18.1 Å². The van der Waals surface area contributed by atoms with Gasteiger partial charge in [0.2, 0.25) is 0 Å². The summed E-state index contributed by atoms with van der Waals surface area (Å²) in [4.78, 5) is 12.9. The second-order valence-electron chi connectivity index (χ2n) is 6.74. The van der Waals surface area contributed by atoms with Gasteiger partial charge in [0, 0.05) is 22.5 Å². The Hall–Kier alpha value is -3.16. The van der Waals surface area contributed by atoms with Crippen LogP contribution in [0, 0.1) is 0 Å². The standard InChI is InChI=1S/C22H17ClN2O4S/c1-2-3-15-12-17(23)5-7-20(15)25-21-8-6-19(13-16(21)4-9-22(25)26)30(27,28)14-18-10-11-29-24-18/h2,4-13H,1,3,14H2. The van der Waals surface area contributed by atoms with E-state index in [0.29, 0.717) is 33.7 Å². The molecule has 8 heteroatoms. The molecule has 0 bridgehead atoms. The molecule has 2 aromatic carbocycles. The third-order valence-corrected chi connectivity index (χ3v) is 6.58. The first-order chi connectivity index (χ1) is 14.4. The summed E-state index contributed by atoms with van der Waals surface area (Å²) in [5, 5.41) is 4.85. The molecule has 0 N–H and O–H groups in total. The maximum absolute atomic E-state index is 12.8. The van der Waals surface area contributed by atoms with Crippen molar-refractivity contribution in [1.29, 1.82) is 0 Å². The van der Waals surface area contributed by atoms with Gasteiger partial charge >= 0.3 is 0 Å². The Bertz CT molecular complexity index is 1410. The van der Waals surface area contributed by atoms with Crippen LogP contribution in [0.25, 0.3) is 16.6 Å². The van der Waals surface area contributed by atoms with E-state index in [4.69, 9.17) is 16.1 Å². The predicted octanol–water partition coefficient (Wildman–Crippen LogP) is 4.33. The van der Waals surface area contributed by atoms with Crippen molar-refractivity contribution in [2.45, 2.75) is 17.1 Å². The van der Waals surface area contributed by atoms with Gasteiger partial charge in [-0.25, -0.2) is 8.42 Å². The van der Waals surface area contributed by atoms with E-state index in [-0.39, 0.29) is 16.2 Å². The number of sulfone groups is 1. The Kier molecular flexibility index (Phi) is 5.32. The number of aromatic nitrogens is 2. The van der Waals surface area contributed by atoms with Crippen LogP contribution >= 0.6 is 11.6 Å². The quantitative estimate of drug-likeness (QED) is 0.417. The largest absolute Gasteiger partial charge is 0.364 e. The maximum Gasteiger partial charge on any atom is 0.255 e. The fourth-order valence-electron chi connectivity index (χ4n) is 3.35. The smallest absolute Gasteiger partial charge is 0.255 e. The highest BCUT2D eigenvalue weighted by Gasteiger charge is 2.19. The lowest BCUT2D eigenvalue weighted by Crippen LogP contribution is -2.19. The monoisotopic (exact) mass is 440 g/mol. The van der Waals surface area contributed by atoms with E-state index < -0.39 is 9.84 Å². The Morgan fingerprint density at radius 1 is 1.10 bits per heavy atom. The van der Waals surface area contributed by atoms with Crippen LogP contribution in [0.4, 0.5) is 0 Å². The SMILES string of the molecule is C=CCc1cc(Cl)ccc1-n1c(=O)ccc2cc(S(=O)(=O)Cc3ccon3)ccc21. The van der Waals surface area contributed by atoms with Crippen LogP contribution < -0.4 is 5.56 Å². The van der Waals surface area contributed by atoms with Gasteiger partial charge < -0.3 is 4.52 Å². The van der Waals surface area contributed by atoms with Gasteiger partial charge in [0.1, 0.15) is 12.0 Å². The molecule has 6 nitrogen and oxygen atoms in total. The van der Waals surface area contributed by atoms with Gasteiger partial charge in [-0.3, -0.25) is 9.36 Å². The lowest BCUT2D eigenvalue weighted by Gasteiger charge is -2.15. The minimum Gasteiger partial charge on any atom is -0.364 e. The summed E-state index contributed by atoms with van der Waals surface area (Å²) < 4.78 is 31.8. The fourth-order valence-corrected chi connectivity index (χ4v) is 4.83. The molecule has 4 aromatic rings. The van der Waals surface area contributed by atoms with Crippen LogP contribution in [0.15, 0.2) is 87.7 Å². The summed E-state index contributed by atoms with van der Waals surface area (Å²) >= 11 is 6.13. The number of allylic oxidation sites excluding steroid dienone is 1. The molecule has 152 valence electrons. The normalized spacial score (nSPS) is 11.6. The summed E-state index contributed by atoms with van der Waals surface area (Å²) in [7, 11) is -3.63. The molecule has 0 atom stereocenters. The highest BCUT2D eigenvalue weighted by Crippen LogP contribution is 2.26.